The molecule has 70 valence electrons. The average molecular weight is 205 g/mol. The third-order valence-electron chi connectivity index (χ3n) is 1.61. The zero-order valence-electron chi connectivity index (χ0n) is 7.42. The van der Waals surface area contributed by atoms with Crippen LogP contribution in [0.1, 0.15) is 0 Å². The molecular weight excluding hydrogens is 198 g/mol. The first-order valence-electron chi connectivity index (χ1n) is 3.97. The van der Waals surface area contributed by atoms with Crippen molar-refractivity contribution in [2.24, 2.45) is 0 Å². The minimum absolute atomic E-state index is 0.270. The summed E-state index contributed by atoms with van der Waals surface area (Å²) in [6.07, 6.45) is 0. The maximum Gasteiger partial charge on any atom is 0.320 e. The van der Waals surface area contributed by atoms with Crippen molar-refractivity contribution in [2.45, 2.75) is 0 Å². The Hall–Kier alpha value is -1.80. The fourth-order valence-electron chi connectivity index (χ4n) is 0.975. The van der Waals surface area contributed by atoms with Crippen molar-refractivity contribution in [3.8, 4) is 0 Å². The normalized spacial score (nSPS) is 9.50. The highest BCUT2D eigenvalue weighted by Gasteiger charge is 2.04. The number of carbonyl (C=O) groups is 1. The minimum atomic E-state index is -0.270. The van der Waals surface area contributed by atoms with Crippen molar-refractivity contribution < 1.29 is 4.79 Å². The standard InChI is InChI=1S/C9H7N3OS/c1-10-8(13)12-9-11-6-4-2-3-5-7(6)14-9/h2,4H,1H3,(H2,10,11,12,13). The lowest BCUT2D eigenvalue weighted by Crippen LogP contribution is -2.24. The van der Waals surface area contributed by atoms with E-state index in [1.807, 2.05) is 6.07 Å². The van der Waals surface area contributed by atoms with Crippen LogP contribution in [0.15, 0.2) is 12.1 Å². The smallest absolute Gasteiger partial charge is 0.320 e. The quantitative estimate of drug-likeness (QED) is 0.743. The first-order chi connectivity index (χ1) is 6.79. The van der Waals surface area contributed by atoms with Gasteiger partial charge < -0.3 is 5.32 Å². The van der Waals surface area contributed by atoms with Gasteiger partial charge in [0.1, 0.15) is 4.70 Å². The molecule has 0 aliphatic heterocycles. The minimum Gasteiger partial charge on any atom is -0.341 e. The molecule has 2 amide bonds. The van der Waals surface area contributed by atoms with Gasteiger partial charge in [0.15, 0.2) is 5.13 Å². The molecule has 0 unspecified atom stereocenters. The highest BCUT2D eigenvalue weighted by atomic mass is 32.1. The Morgan fingerprint density at radius 1 is 1.64 bits per heavy atom. The number of amides is 2. The van der Waals surface area contributed by atoms with Gasteiger partial charge in [-0.3, -0.25) is 5.32 Å². The molecule has 1 aromatic carbocycles. The van der Waals surface area contributed by atoms with Crippen LogP contribution in [0.2, 0.25) is 0 Å². The summed E-state index contributed by atoms with van der Waals surface area (Å²) in [4.78, 5) is 15.2. The predicted molar refractivity (Wildman–Crippen MR) is 55.4 cm³/mol. The van der Waals surface area contributed by atoms with Gasteiger partial charge in [0, 0.05) is 7.05 Å². The second-order valence-electron chi connectivity index (χ2n) is 2.54. The molecule has 4 nitrogen and oxygen atoms in total. The van der Waals surface area contributed by atoms with E-state index in [1.54, 1.807) is 13.1 Å². The second-order valence-corrected chi connectivity index (χ2v) is 3.54. The Balaban J connectivity index is 2.31. The first kappa shape index (κ1) is 8.78. The SMILES string of the molecule is CNC(=O)Nc1nc2ccc#cc2s1. The van der Waals surface area contributed by atoms with E-state index in [-0.39, 0.29) is 6.03 Å². The number of hydrogen-bond acceptors (Lipinski definition) is 3. The Morgan fingerprint density at radius 3 is 3.21 bits per heavy atom. The van der Waals surface area contributed by atoms with Crippen molar-refractivity contribution >= 4 is 32.7 Å². The van der Waals surface area contributed by atoms with Crippen molar-refractivity contribution in [3.63, 3.8) is 0 Å². The molecule has 0 aliphatic carbocycles. The average Bonchev–Trinajstić information content (AvgIpc) is 2.59. The van der Waals surface area contributed by atoms with E-state index in [4.69, 9.17) is 0 Å². The third-order valence-corrected chi connectivity index (χ3v) is 2.51. The molecule has 0 atom stereocenters. The van der Waals surface area contributed by atoms with E-state index < -0.39 is 0 Å². The van der Waals surface area contributed by atoms with Gasteiger partial charge in [-0.05, 0) is 18.2 Å². The molecule has 2 aromatic rings. The molecule has 0 aliphatic rings. The van der Waals surface area contributed by atoms with Crippen molar-refractivity contribution in [2.75, 3.05) is 12.4 Å². The molecule has 0 saturated carbocycles. The molecule has 0 saturated heterocycles. The number of nitrogens with zero attached hydrogens (tertiary/aromatic N) is 1. The van der Waals surface area contributed by atoms with Gasteiger partial charge in [-0.25, -0.2) is 9.78 Å². The van der Waals surface area contributed by atoms with Gasteiger partial charge in [-0.15, -0.1) is 0 Å². The van der Waals surface area contributed by atoms with Gasteiger partial charge in [0.05, 0.1) is 5.52 Å². The van der Waals surface area contributed by atoms with Crippen LogP contribution in [0.4, 0.5) is 9.93 Å². The van der Waals surface area contributed by atoms with Crippen molar-refractivity contribution in [1.82, 2.24) is 10.3 Å². The van der Waals surface area contributed by atoms with Crippen molar-refractivity contribution in [3.05, 3.63) is 24.3 Å². The van der Waals surface area contributed by atoms with Crippen LogP contribution in [0, 0.1) is 12.1 Å². The summed E-state index contributed by atoms with van der Waals surface area (Å²) in [5, 5.41) is 5.63. The van der Waals surface area contributed by atoms with Gasteiger partial charge >= 0.3 is 6.03 Å². The van der Waals surface area contributed by atoms with Crippen LogP contribution < -0.4 is 10.6 Å². The number of aromatic nitrogens is 1. The molecule has 0 bridgehead atoms. The topological polar surface area (TPSA) is 54.0 Å². The van der Waals surface area contributed by atoms with Crippen molar-refractivity contribution in [1.29, 1.82) is 0 Å². The fraction of sp³-hybridized carbons (Fsp3) is 0.111. The maximum absolute atomic E-state index is 11.0. The number of nitrogens with one attached hydrogen (secondary N) is 2. The third kappa shape index (κ3) is 1.60. The summed E-state index contributed by atoms with van der Waals surface area (Å²) in [5.74, 6) is 0. The highest BCUT2D eigenvalue weighted by Crippen LogP contribution is 2.23. The van der Waals surface area contributed by atoms with Gasteiger partial charge in [-0.1, -0.05) is 17.4 Å². The molecule has 0 fully saturated rings. The molecule has 0 spiro atoms. The van der Waals surface area contributed by atoms with E-state index in [1.165, 1.54) is 11.3 Å². The fourth-order valence-corrected chi connectivity index (χ4v) is 1.78. The summed E-state index contributed by atoms with van der Waals surface area (Å²) in [6.45, 7) is 0. The van der Waals surface area contributed by atoms with E-state index in [2.05, 4.69) is 27.8 Å². The summed E-state index contributed by atoms with van der Waals surface area (Å²) in [6, 6.07) is 9.06. The summed E-state index contributed by atoms with van der Waals surface area (Å²) >= 11 is 1.37. The Kier molecular flexibility index (Phi) is 2.21. The molecule has 2 rings (SSSR count). The summed E-state index contributed by atoms with van der Waals surface area (Å²) in [7, 11) is 1.56. The predicted octanol–water partition coefficient (Wildman–Crippen LogP) is 1.65. The summed E-state index contributed by atoms with van der Waals surface area (Å²) < 4.78 is 0.888. The number of hydrogen-bond donors (Lipinski definition) is 2. The van der Waals surface area contributed by atoms with Gasteiger partial charge in [-0.2, -0.15) is 0 Å². The van der Waals surface area contributed by atoms with Gasteiger partial charge in [0.2, 0.25) is 0 Å². The van der Waals surface area contributed by atoms with Crippen LogP contribution in [-0.4, -0.2) is 18.1 Å². The molecule has 14 heavy (non-hydrogen) atoms. The monoisotopic (exact) mass is 205 g/mol. The molecule has 2 N–H and O–H groups in total. The van der Waals surface area contributed by atoms with Crippen LogP contribution in [-0.2, 0) is 0 Å². The Bertz CT molecular complexity index is 433. The number of anilines is 1. The van der Waals surface area contributed by atoms with E-state index in [9.17, 15) is 4.79 Å². The largest absolute Gasteiger partial charge is 0.341 e. The lowest BCUT2D eigenvalue weighted by atomic mass is 10.4. The zero-order chi connectivity index (χ0) is 9.97. The maximum atomic E-state index is 11.0. The Labute approximate surface area is 85.0 Å². The lowest BCUT2D eigenvalue weighted by Gasteiger charge is -1.96. The van der Waals surface area contributed by atoms with Crippen LogP contribution in [0.3, 0.4) is 0 Å². The molecule has 1 aromatic heterocycles. The molecule has 0 radical (unpaired) electrons. The highest BCUT2D eigenvalue weighted by molar-refractivity contribution is 7.22. The summed E-state index contributed by atoms with van der Waals surface area (Å²) in [5.41, 5.74) is 0.820. The first-order valence-corrected chi connectivity index (χ1v) is 4.79. The van der Waals surface area contributed by atoms with Crippen LogP contribution in [0.5, 0.6) is 0 Å². The van der Waals surface area contributed by atoms with E-state index >= 15 is 0 Å². The van der Waals surface area contributed by atoms with E-state index in [0.717, 1.165) is 10.2 Å². The number of carbonyl (C=O) groups excluding carboxylic acids is 1. The molecular formula is C9H7N3OS. The number of urea groups is 1. The van der Waals surface area contributed by atoms with Crippen LogP contribution in [0.25, 0.3) is 10.2 Å². The molecule has 5 heteroatoms. The number of fused-ring (bicyclic) bond motifs is 1. The van der Waals surface area contributed by atoms with Crippen LogP contribution >= 0.6 is 11.3 Å². The lowest BCUT2D eigenvalue weighted by molar-refractivity contribution is 0.254. The zero-order valence-corrected chi connectivity index (χ0v) is 8.23. The number of thiazole rings is 1. The number of rotatable bonds is 1. The second kappa shape index (κ2) is 3.52. The van der Waals surface area contributed by atoms with Gasteiger partial charge in [0.25, 0.3) is 0 Å². The molecule has 1 heterocycles. The Morgan fingerprint density at radius 2 is 2.50 bits per heavy atom. The van der Waals surface area contributed by atoms with E-state index in [0.29, 0.717) is 5.13 Å².